The topological polar surface area (TPSA) is 30.0 Å². The van der Waals surface area contributed by atoms with Gasteiger partial charge in [0.25, 0.3) is 0 Å². The van der Waals surface area contributed by atoms with Gasteiger partial charge in [-0.05, 0) is 0 Å². The van der Waals surface area contributed by atoms with Gasteiger partial charge in [0, 0.05) is 0 Å². The fraction of sp³-hybridized carbons (Fsp3) is 0.857. The summed E-state index contributed by atoms with van der Waals surface area (Å²) in [6, 6.07) is 0. The maximum Gasteiger partial charge on any atom is 4.00 e. The van der Waals surface area contributed by atoms with Crippen molar-refractivity contribution >= 4 is 0 Å². The van der Waals surface area contributed by atoms with Crippen LogP contribution in [-0.4, -0.2) is 5.48 Å². The van der Waals surface area contributed by atoms with E-state index in [2.05, 4.69) is 41.5 Å². The van der Waals surface area contributed by atoms with Crippen molar-refractivity contribution in [1.29, 1.82) is 0 Å². The molecule has 1 N–H and O–H groups in total. The Hall–Kier alpha value is 0.674. The second kappa shape index (κ2) is 43.4. The normalized spacial score (nSPS) is 8.61. The van der Waals surface area contributed by atoms with E-state index in [1.54, 1.807) is 0 Å². The molecule has 0 spiro atoms. The van der Waals surface area contributed by atoms with Crippen LogP contribution in [-0.2, 0) is 21.7 Å². The van der Waals surface area contributed by atoms with Crippen LogP contribution >= 0.6 is 0 Å². The summed E-state index contributed by atoms with van der Waals surface area (Å²) in [6.07, 6.45) is 19.6. The molecule has 2 heteroatoms. The molecule has 0 saturated heterocycles. The summed E-state index contributed by atoms with van der Waals surface area (Å²) in [5, 5.41) is 0. The van der Waals surface area contributed by atoms with E-state index in [1.165, 1.54) is 77.0 Å². The smallest absolute Gasteiger partial charge is 0.870 e. The first-order valence-electron chi connectivity index (χ1n) is 9.62. The summed E-state index contributed by atoms with van der Waals surface area (Å²) in [7, 11) is 0. The molecule has 0 aromatic carbocycles. The third kappa shape index (κ3) is 60.3. The maximum absolute atomic E-state index is 3.76. The molecule has 0 aromatic rings. The van der Waals surface area contributed by atoms with Crippen molar-refractivity contribution < 1.29 is 27.2 Å². The molecule has 0 atom stereocenters. The Bertz CT molecular complexity index is 93.2. The average Bonchev–Trinajstić information content (AvgIpc) is 2.50. The number of hydrogen-bond acceptors (Lipinski definition) is 1. The monoisotopic (exact) mass is 362 g/mol. The zero-order valence-electron chi connectivity index (χ0n) is 16.7. The Balaban J connectivity index is -0.0000000675. The predicted molar refractivity (Wildman–Crippen MR) is 104 cm³/mol. The average molecular weight is 362 g/mol. The summed E-state index contributed by atoms with van der Waals surface area (Å²) in [4.78, 5) is 0. The molecule has 140 valence electrons. The fourth-order valence-electron chi connectivity index (χ4n) is 1.81. The minimum absolute atomic E-state index is 0. The Morgan fingerprint density at radius 1 is 0.435 bits per heavy atom. The molecular weight excluding hydrogens is 316 g/mol. The van der Waals surface area contributed by atoms with Crippen molar-refractivity contribution in [2.75, 3.05) is 0 Å². The molecular formula is C21H46OTi. The Labute approximate surface area is 165 Å². The van der Waals surface area contributed by atoms with Gasteiger partial charge in [0.1, 0.15) is 0 Å². The molecule has 23 heavy (non-hydrogen) atoms. The van der Waals surface area contributed by atoms with E-state index in [-0.39, 0.29) is 27.2 Å². The van der Waals surface area contributed by atoms with Crippen molar-refractivity contribution in [3.8, 4) is 0 Å². The van der Waals surface area contributed by atoms with Crippen molar-refractivity contribution in [2.24, 2.45) is 0 Å². The first-order chi connectivity index (χ1) is 10.2. The van der Waals surface area contributed by atoms with Crippen molar-refractivity contribution in [2.45, 2.75) is 117 Å². The van der Waals surface area contributed by atoms with Gasteiger partial charge in [-0.1, -0.05) is 97.8 Å². The van der Waals surface area contributed by atoms with Crippen LogP contribution in [0.3, 0.4) is 0 Å². The van der Waals surface area contributed by atoms with Gasteiger partial charge in [-0.3, -0.25) is 0 Å². The van der Waals surface area contributed by atoms with Crippen LogP contribution in [0.5, 0.6) is 0 Å². The number of unbranched alkanes of at least 4 members (excludes halogenated alkanes) is 12. The standard InChI is InChI=1S/3C7H15.H2O.Ti/c3*1-3-5-7-6-4-2;;/h3*1,3-7H2,2H3;1H2;/q3*-1;;+4/p-1. The summed E-state index contributed by atoms with van der Waals surface area (Å²) in [6.45, 7) is 17.9. The van der Waals surface area contributed by atoms with E-state index in [1.807, 2.05) is 0 Å². The predicted octanol–water partition coefficient (Wildman–Crippen LogP) is 8.19. The van der Waals surface area contributed by atoms with Gasteiger partial charge in [0.15, 0.2) is 0 Å². The van der Waals surface area contributed by atoms with Gasteiger partial charge in [-0.15, -0.1) is 0 Å². The van der Waals surface area contributed by atoms with Gasteiger partial charge in [0.2, 0.25) is 0 Å². The van der Waals surface area contributed by atoms with E-state index in [0.717, 1.165) is 19.3 Å². The summed E-state index contributed by atoms with van der Waals surface area (Å²) < 4.78 is 0. The quantitative estimate of drug-likeness (QED) is 0.195. The molecule has 0 radical (unpaired) electrons. The van der Waals surface area contributed by atoms with Crippen LogP contribution in [0.25, 0.3) is 0 Å². The van der Waals surface area contributed by atoms with Crippen LogP contribution in [0.15, 0.2) is 0 Å². The SMILES string of the molecule is [CH2-]CCCCCC.[CH2-]CCCCCC.[CH2-]CCCCCC.[OH-].[Ti+4]. The van der Waals surface area contributed by atoms with Gasteiger partial charge < -0.3 is 26.2 Å². The maximum atomic E-state index is 3.76. The van der Waals surface area contributed by atoms with E-state index >= 15 is 0 Å². The van der Waals surface area contributed by atoms with Crippen LogP contribution in [0, 0.1) is 20.8 Å². The molecule has 0 saturated carbocycles. The minimum Gasteiger partial charge on any atom is -0.870 e. The Kier molecular flexibility index (Phi) is 65.8. The van der Waals surface area contributed by atoms with Crippen LogP contribution in [0.4, 0.5) is 0 Å². The molecule has 0 rings (SSSR count). The largest absolute Gasteiger partial charge is 4.00 e. The summed E-state index contributed by atoms with van der Waals surface area (Å²) in [5.41, 5.74) is 0. The van der Waals surface area contributed by atoms with E-state index in [4.69, 9.17) is 0 Å². The molecule has 0 aliphatic heterocycles. The van der Waals surface area contributed by atoms with Crippen molar-refractivity contribution in [1.82, 2.24) is 0 Å². The van der Waals surface area contributed by atoms with Gasteiger partial charge in [0.05, 0.1) is 0 Å². The number of rotatable bonds is 12. The molecule has 0 unspecified atom stereocenters. The Morgan fingerprint density at radius 2 is 0.652 bits per heavy atom. The minimum atomic E-state index is 0. The van der Waals surface area contributed by atoms with Gasteiger partial charge >= 0.3 is 21.7 Å². The fourth-order valence-corrected chi connectivity index (χ4v) is 1.81. The summed E-state index contributed by atoms with van der Waals surface area (Å²) >= 11 is 0. The molecule has 0 fully saturated rings. The second-order valence-electron chi connectivity index (χ2n) is 5.74. The molecule has 0 aliphatic rings. The second-order valence-corrected chi connectivity index (χ2v) is 5.74. The van der Waals surface area contributed by atoms with Crippen LogP contribution in [0.1, 0.15) is 117 Å². The molecule has 1 nitrogen and oxygen atoms in total. The summed E-state index contributed by atoms with van der Waals surface area (Å²) in [5.74, 6) is 0. The van der Waals surface area contributed by atoms with E-state index in [0.29, 0.717) is 0 Å². The van der Waals surface area contributed by atoms with E-state index in [9.17, 15) is 0 Å². The molecule has 0 amide bonds. The van der Waals surface area contributed by atoms with Gasteiger partial charge in [-0.2, -0.15) is 19.3 Å². The van der Waals surface area contributed by atoms with E-state index < -0.39 is 0 Å². The molecule has 0 bridgehead atoms. The van der Waals surface area contributed by atoms with Crippen LogP contribution < -0.4 is 0 Å². The number of hydrogen-bond donors (Lipinski definition) is 0. The molecule has 0 heterocycles. The molecule has 0 aliphatic carbocycles. The van der Waals surface area contributed by atoms with Crippen molar-refractivity contribution in [3.05, 3.63) is 20.8 Å². The third-order valence-corrected chi connectivity index (χ3v) is 3.31. The first-order valence-corrected chi connectivity index (χ1v) is 9.62. The van der Waals surface area contributed by atoms with Crippen molar-refractivity contribution in [3.63, 3.8) is 0 Å². The first kappa shape index (κ1) is 34.9. The third-order valence-electron chi connectivity index (χ3n) is 3.31. The Morgan fingerprint density at radius 3 is 0.783 bits per heavy atom. The zero-order chi connectivity index (χ0) is 16.6. The van der Waals surface area contributed by atoms with Gasteiger partial charge in [-0.25, -0.2) is 0 Å². The molecule has 0 aromatic heterocycles. The van der Waals surface area contributed by atoms with Crippen LogP contribution in [0.2, 0.25) is 0 Å². The zero-order valence-corrected chi connectivity index (χ0v) is 18.2.